The maximum absolute atomic E-state index is 12.9. The first-order chi connectivity index (χ1) is 9.66. The molecule has 110 valence electrons. The van der Waals surface area contributed by atoms with Crippen molar-refractivity contribution in [3.8, 4) is 11.5 Å². The van der Waals surface area contributed by atoms with E-state index in [1.165, 1.54) is 0 Å². The molecule has 4 nitrogen and oxygen atoms in total. The molecule has 20 heavy (non-hydrogen) atoms. The third-order valence-corrected chi connectivity index (χ3v) is 4.12. The molecule has 0 radical (unpaired) electrons. The number of rotatable bonds is 5. The quantitative estimate of drug-likeness (QED) is 0.776. The second-order valence-electron chi connectivity index (χ2n) is 5.15. The van der Waals surface area contributed by atoms with Crippen LogP contribution < -0.4 is 9.47 Å². The van der Waals surface area contributed by atoms with Gasteiger partial charge in [-0.15, -0.1) is 0 Å². The number of carbonyl (C=O) groups excluding carboxylic acids is 1. The lowest BCUT2D eigenvalue weighted by Gasteiger charge is -2.34. The van der Waals surface area contributed by atoms with Gasteiger partial charge in [-0.1, -0.05) is 19.3 Å². The highest BCUT2D eigenvalue weighted by atomic mass is 16.5. The second kappa shape index (κ2) is 6.27. The predicted molar refractivity (Wildman–Crippen MR) is 76.7 cm³/mol. The van der Waals surface area contributed by atoms with Crippen molar-refractivity contribution < 1.29 is 19.0 Å². The number of benzene rings is 1. The Morgan fingerprint density at radius 2 is 1.75 bits per heavy atom. The Balaban J connectivity index is 2.40. The van der Waals surface area contributed by atoms with Gasteiger partial charge in [0, 0.05) is 7.11 Å². The van der Waals surface area contributed by atoms with E-state index >= 15 is 0 Å². The summed E-state index contributed by atoms with van der Waals surface area (Å²) in [7, 11) is 4.78. The molecule has 2 rings (SSSR count). The Morgan fingerprint density at radius 3 is 2.30 bits per heavy atom. The summed E-state index contributed by atoms with van der Waals surface area (Å²) in [5, 5.41) is 0. The normalized spacial score (nSPS) is 17.6. The van der Waals surface area contributed by atoms with Crippen LogP contribution in [0.3, 0.4) is 0 Å². The van der Waals surface area contributed by atoms with Crippen LogP contribution in [0.5, 0.6) is 11.5 Å². The summed E-state index contributed by atoms with van der Waals surface area (Å²) in [6, 6.07) is 5.28. The van der Waals surface area contributed by atoms with Gasteiger partial charge in [-0.25, -0.2) is 0 Å². The fraction of sp³-hybridized carbons (Fsp3) is 0.562. The average molecular weight is 278 g/mol. The van der Waals surface area contributed by atoms with Crippen LogP contribution >= 0.6 is 0 Å². The summed E-state index contributed by atoms with van der Waals surface area (Å²) >= 11 is 0. The number of carbonyl (C=O) groups is 1. The first kappa shape index (κ1) is 14.9. The fourth-order valence-corrected chi connectivity index (χ4v) is 2.88. The molecule has 1 saturated carbocycles. The highest BCUT2D eigenvalue weighted by Gasteiger charge is 2.41. The zero-order valence-electron chi connectivity index (χ0n) is 12.4. The summed E-state index contributed by atoms with van der Waals surface area (Å²) in [5.74, 6) is 1.21. The van der Waals surface area contributed by atoms with Gasteiger partial charge in [-0.2, -0.15) is 0 Å². The molecule has 0 saturated heterocycles. The maximum atomic E-state index is 12.9. The molecule has 1 fully saturated rings. The summed E-state index contributed by atoms with van der Waals surface area (Å²) in [6.07, 6.45) is 4.73. The molecule has 0 atom stereocenters. The van der Waals surface area contributed by atoms with Crippen LogP contribution in [0.15, 0.2) is 18.2 Å². The largest absolute Gasteiger partial charge is 0.497 e. The lowest BCUT2D eigenvalue weighted by Crippen LogP contribution is -2.42. The van der Waals surface area contributed by atoms with Crippen molar-refractivity contribution in [2.75, 3.05) is 21.3 Å². The summed E-state index contributed by atoms with van der Waals surface area (Å²) in [5.41, 5.74) is -0.173. The van der Waals surface area contributed by atoms with Crippen LogP contribution in [0.4, 0.5) is 0 Å². The van der Waals surface area contributed by atoms with E-state index < -0.39 is 5.60 Å². The van der Waals surface area contributed by atoms with E-state index in [0.717, 1.165) is 32.1 Å². The molecular formula is C16H22O4. The highest BCUT2D eigenvalue weighted by Crippen LogP contribution is 2.37. The molecule has 0 unspecified atom stereocenters. The SMILES string of the molecule is COc1ccc(OC)c(C(=O)C2(OC)CCCCC2)c1. The number of hydrogen-bond donors (Lipinski definition) is 0. The smallest absolute Gasteiger partial charge is 0.198 e. The lowest BCUT2D eigenvalue weighted by atomic mass is 9.79. The Kier molecular flexibility index (Phi) is 4.65. The van der Waals surface area contributed by atoms with E-state index in [0.29, 0.717) is 17.1 Å². The number of ether oxygens (including phenoxy) is 3. The topological polar surface area (TPSA) is 44.8 Å². The van der Waals surface area contributed by atoms with Crippen molar-refractivity contribution >= 4 is 5.78 Å². The van der Waals surface area contributed by atoms with E-state index in [-0.39, 0.29) is 5.78 Å². The van der Waals surface area contributed by atoms with E-state index in [9.17, 15) is 4.79 Å². The van der Waals surface area contributed by atoms with E-state index in [1.54, 1.807) is 39.5 Å². The molecular weight excluding hydrogens is 256 g/mol. The van der Waals surface area contributed by atoms with E-state index in [1.807, 2.05) is 0 Å². The standard InChI is InChI=1S/C16H22O4/c1-18-12-7-8-14(19-2)13(11-12)15(17)16(20-3)9-5-4-6-10-16/h7-8,11H,4-6,9-10H2,1-3H3. The molecule has 1 aliphatic carbocycles. The van der Waals surface area contributed by atoms with Crippen LogP contribution in [0.2, 0.25) is 0 Å². The molecule has 0 aliphatic heterocycles. The van der Waals surface area contributed by atoms with Crippen molar-refractivity contribution in [1.82, 2.24) is 0 Å². The van der Waals surface area contributed by atoms with Crippen LogP contribution in [0.25, 0.3) is 0 Å². The first-order valence-electron chi connectivity index (χ1n) is 6.99. The molecule has 1 aromatic carbocycles. The maximum Gasteiger partial charge on any atom is 0.198 e. The molecule has 0 bridgehead atoms. The molecule has 0 heterocycles. The van der Waals surface area contributed by atoms with Crippen molar-refractivity contribution in [1.29, 1.82) is 0 Å². The minimum absolute atomic E-state index is 0.00421. The number of methoxy groups -OCH3 is 3. The average Bonchev–Trinajstić information content (AvgIpc) is 2.54. The van der Waals surface area contributed by atoms with Gasteiger partial charge in [0.1, 0.15) is 17.1 Å². The van der Waals surface area contributed by atoms with Crippen LogP contribution in [-0.4, -0.2) is 32.7 Å². The number of hydrogen-bond acceptors (Lipinski definition) is 4. The predicted octanol–water partition coefficient (Wildman–Crippen LogP) is 3.24. The van der Waals surface area contributed by atoms with Gasteiger partial charge < -0.3 is 14.2 Å². The minimum Gasteiger partial charge on any atom is -0.497 e. The Labute approximate surface area is 120 Å². The molecule has 0 spiro atoms. The third kappa shape index (κ3) is 2.66. The first-order valence-corrected chi connectivity index (χ1v) is 6.99. The third-order valence-electron chi connectivity index (χ3n) is 4.12. The Morgan fingerprint density at radius 1 is 1.05 bits per heavy atom. The van der Waals surface area contributed by atoms with Gasteiger partial charge in [0.15, 0.2) is 5.78 Å². The van der Waals surface area contributed by atoms with Crippen LogP contribution in [0.1, 0.15) is 42.5 Å². The molecule has 0 amide bonds. The van der Waals surface area contributed by atoms with Gasteiger partial charge in [-0.3, -0.25) is 4.79 Å². The lowest BCUT2D eigenvalue weighted by molar-refractivity contribution is -0.0195. The fourth-order valence-electron chi connectivity index (χ4n) is 2.88. The zero-order chi connectivity index (χ0) is 14.6. The highest BCUT2D eigenvalue weighted by molar-refractivity contribution is 6.05. The van der Waals surface area contributed by atoms with Gasteiger partial charge in [0.05, 0.1) is 19.8 Å². The number of Topliss-reactive ketones (excluding diaryl/α,β-unsaturated/α-hetero) is 1. The van der Waals surface area contributed by atoms with Crippen molar-refractivity contribution in [2.24, 2.45) is 0 Å². The van der Waals surface area contributed by atoms with Gasteiger partial charge >= 0.3 is 0 Å². The molecule has 4 heteroatoms. The molecule has 1 aliphatic rings. The number of ketones is 1. The van der Waals surface area contributed by atoms with Crippen molar-refractivity contribution in [2.45, 2.75) is 37.7 Å². The van der Waals surface area contributed by atoms with Crippen LogP contribution in [0, 0.1) is 0 Å². The zero-order valence-corrected chi connectivity index (χ0v) is 12.4. The van der Waals surface area contributed by atoms with Gasteiger partial charge in [0.2, 0.25) is 0 Å². The summed E-state index contributed by atoms with van der Waals surface area (Å²) in [6.45, 7) is 0. The Hall–Kier alpha value is -1.55. The Bertz CT molecular complexity index is 475. The summed E-state index contributed by atoms with van der Waals surface area (Å²) in [4.78, 5) is 12.9. The minimum atomic E-state index is -0.710. The van der Waals surface area contributed by atoms with E-state index in [4.69, 9.17) is 14.2 Å². The molecule has 0 N–H and O–H groups in total. The summed E-state index contributed by atoms with van der Waals surface area (Å²) < 4.78 is 16.1. The van der Waals surface area contributed by atoms with E-state index in [2.05, 4.69) is 0 Å². The molecule has 0 aromatic heterocycles. The molecule has 1 aromatic rings. The second-order valence-corrected chi connectivity index (χ2v) is 5.15. The van der Waals surface area contributed by atoms with Crippen molar-refractivity contribution in [3.63, 3.8) is 0 Å². The van der Waals surface area contributed by atoms with Gasteiger partial charge in [-0.05, 0) is 31.0 Å². The van der Waals surface area contributed by atoms with Gasteiger partial charge in [0.25, 0.3) is 0 Å². The van der Waals surface area contributed by atoms with Crippen LogP contribution in [-0.2, 0) is 4.74 Å². The van der Waals surface area contributed by atoms with Crippen molar-refractivity contribution in [3.05, 3.63) is 23.8 Å². The monoisotopic (exact) mass is 278 g/mol.